The molecule has 0 radical (unpaired) electrons. The van der Waals surface area contributed by atoms with E-state index in [-0.39, 0.29) is 12.5 Å². The van der Waals surface area contributed by atoms with Crippen molar-refractivity contribution in [1.29, 1.82) is 0 Å². The predicted molar refractivity (Wildman–Crippen MR) is 79.7 cm³/mol. The lowest BCUT2D eigenvalue weighted by Crippen LogP contribution is -2.32. The lowest BCUT2D eigenvalue weighted by molar-refractivity contribution is -0.141. The van der Waals surface area contributed by atoms with Crippen molar-refractivity contribution < 1.29 is 14.7 Å². The van der Waals surface area contributed by atoms with Gasteiger partial charge in [-0.25, -0.2) is 4.68 Å². The number of hydrogen-bond acceptors (Lipinski definition) is 4. The number of carbonyl (C=O) groups excluding carboxylic acids is 1. The molecule has 2 rings (SSSR count). The molecule has 2 N–H and O–H groups in total. The lowest BCUT2D eigenvalue weighted by Gasteiger charge is -2.12. The van der Waals surface area contributed by atoms with E-state index in [1.165, 1.54) is 0 Å². The standard InChI is InChI=1S/C15H18N4O3/c1-2-4-12(15(21)22)10-16-14(20)11-5-3-6-13(9-11)19-8-7-17-18-19/h3,5-9,12H,2,4,10H2,1H3,(H,16,20)(H,21,22). The van der Waals surface area contributed by atoms with Gasteiger partial charge < -0.3 is 10.4 Å². The van der Waals surface area contributed by atoms with Crippen LogP contribution in [0.3, 0.4) is 0 Å². The fourth-order valence-electron chi connectivity index (χ4n) is 2.11. The number of aliphatic carboxylic acids is 1. The zero-order valence-corrected chi connectivity index (χ0v) is 12.3. The highest BCUT2D eigenvalue weighted by atomic mass is 16.4. The van der Waals surface area contributed by atoms with E-state index in [9.17, 15) is 9.59 Å². The summed E-state index contributed by atoms with van der Waals surface area (Å²) in [5.74, 6) is -1.75. The Morgan fingerprint density at radius 3 is 2.86 bits per heavy atom. The molecule has 1 unspecified atom stereocenters. The third-order valence-corrected chi connectivity index (χ3v) is 3.29. The van der Waals surface area contributed by atoms with Crippen molar-refractivity contribution in [3.05, 3.63) is 42.2 Å². The highest BCUT2D eigenvalue weighted by molar-refractivity contribution is 5.94. The van der Waals surface area contributed by atoms with Gasteiger partial charge in [0.15, 0.2) is 0 Å². The largest absolute Gasteiger partial charge is 0.481 e. The number of carboxylic acid groups (broad SMARTS) is 1. The number of nitrogens with zero attached hydrogens (tertiary/aromatic N) is 3. The number of amides is 1. The van der Waals surface area contributed by atoms with Crippen LogP contribution < -0.4 is 5.32 Å². The first-order valence-corrected chi connectivity index (χ1v) is 7.09. The molecule has 0 bridgehead atoms. The van der Waals surface area contributed by atoms with Gasteiger partial charge in [-0.15, -0.1) is 5.10 Å². The summed E-state index contributed by atoms with van der Waals surface area (Å²) in [5, 5.41) is 19.3. The molecule has 0 saturated carbocycles. The molecule has 1 aromatic carbocycles. The lowest BCUT2D eigenvalue weighted by atomic mass is 10.0. The third-order valence-electron chi connectivity index (χ3n) is 3.29. The van der Waals surface area contributed by atoms with Crippen molar-refractivity contribution in [3.63, 3.8) is 0 Å². The number of carboxylic acids is 1. The Morgan fingerprint density at radius 2 is 2.23 bits per heavy atom. The van der Waals surface area contributed by atoms with Gasteiger partial charge in [-0.1, -0.05) is 24.6 Å². The maximum absolute atomic E-state index is 12.1. The first kappa shape index (κ1) is 15.7. The minimum atomic E-state index is -0.890. The van der Waals surface area contributed by atoms with Crippen molar-refractivity contribution in [2.45, 2.75) is 19.8 Å². The Hall–Kier alpha value is -2.70. The highest BCUT2D eigenvalue weighted by Crippen LogP contribution is 2.10. The number of aromatic nitrogens is 3. The molecule has 7 nitrogen and oxygen atoms in total. The van der Waals surface area contributed by atoms with E-state index in [1.54, 1.807) is 35.3 Å². The van der Waals surface area contributed by atoms with Crippen LogP contribution >= 0.6 is 0 Å². The van der Waals surface area contributed by atoms with E-state index < -0.39 is 11.9 Å². The Kier molecular flexibility index (Phi) is 5.24. The first-order chi connectivity index (χ1) is 10.6. The quantitative estimate of drug-likeness (QED) is 0.807. The smallest absolute Gasteiger partial charge is 0.308 e. The molecular formula is C15H18N4O3. The molecule has 7 heteroatoms. The van der Waals surface area contributed by atoms with Crippen LogP contribution in [0.5, 0.6) is 0 Å². The highest BCUT2D eigenvalue weighted by Gasteiger charge is 2.17. The molecule has 1 aromatic heterocycles. The molecule has 22 heavy (non-hydrogen) atoms. The first-order valence-electron chi connectivity index (χ1n) is 7.09. The summed E-state index contributed by atoms with van der Waals surface area (Å²) in [7, 11) is 0. The zero-order valence-electron chi connectivity index (χ0n) is 12.3. The molecule has 0 saturated heterocycles. The number of rotatable bonds is 7. The summed E-state index contributed by atoms with van der Waals surface area (Å²) in [6, 6.07) is 6.90. The van der Waals surface area contributed by atoms with Crippen molar-refractivity contribution in [1.82, 2.24) is 20.3 Å². The summed E-state index contributed by atoms with van der Waals surface area (Å²) < 4.78 is 1.55. The van der Waals surface area contributed by atoms with Crippen LogP contribution in [0.2, 0.25) is 0 Å². The van der Waals surface area contributed by atoms with Gasteiger partial charge in [0.2, 0.25) is 0 Å². The second kappa shape index (κ2) is 7.35. The third kappa shape index (κ3) is 3.91. The van der Waals surface area contributed by atoms with Gasteiger partial charge in [0, 0.05) is 12.1 Å². The zero-order chi connectivity index (χ0) is 15.9. The van der Waals surface area contributed by atoms with Gasteiger partial charge in [0.1, 0.15) is 0 Å². The average Bonchev–Trinajstić information content (AvgIpc) is 3.05. The molecule has 0 aliphatic carbocycles. The molecule has 1 heterocycles. The van der Waals surface area contributed by atoms with E-state index in [0.29, 0.717) is 17.7 Å². The number of hydrogen-bond donors (Lipinski definition) is 2. The monoisotopic (exact) mass is 302 g/mol. The van der Waals surface area contributed by atoms with Crippen LogP contribution in [-0.4, -0.2) is 38.5 Å². The van der Waals surface area contributed by atoms with Crippen molar-refractivity contribution >= 4 is 11.9 Å². The Labute approximate surface area is 128 Å². The van der Waals surface area contributed by atoms with Crippen molar-refractivity contribution in [2.75, 3.05) is 6.54 Å². The van der Waals surface area contributed by atoms with Crippen LogP contribution in [-0.2, 0) is 4.79 Å². The van der Waals surface area contributed by atoms with Crippen LogP contribution in [0, 0.1) is 5.92 Å². The van der Waals surface area contributed by atoms with E-state index in [1.807, 2.05) is 13.0 Å². The van der Waals surface area contributed by atoms with Gasteiger partial charge in [0.25, 0.3) is 5.91 Å². The van der Waals surface area contributed by atoms with Crippen LogP contribution in [0.1, 0.15) is 30.1 Å². The summed E-state index contributed by atoms with van der Waals surface area (Å²) in [5.41, 5.74) is 1.17. The van der Waals surface area contributed by atoms with E-state index in [4.69, 9.17) is 5.11 Å². The Bertz CT molecular complexity index is 640. The van der Waals surface area contributed by atoms with E-state index >= 15 is 0 Å². The van der Waals surface area contributed by atoms with Gasteiger partial charge in [-0.05, 0) is 24.6 Å². The number of benzene rings is 1. The molecule has 1 atom stereocenters. The van der Waals surface area contributed by atoms with Crippen molar-refractivity contribution in [2.24, 2.45) is 5.92 Å². The van der Waals surface area contributed by atoms with Gasteiger partial charge in [-0.2, -0.15) is 0 Å². The molecule has 0 aliphatic rings. The van der Waals surface area contributed by atoms with Crippen LogP contribution in [0.25, 0.3) is 5.69 Å². The van der Waals surface area contributed by atoms with E-state index in [2.05, 4.69) is 15.6 Å². The minimum Gasteiger partial charge on any atom is -0.481 e. The van der Waals surface area contributed by atoms with Crippen LogP contribution in [0.4, 0.5) is 0 Å². The maximum Gasteiger partial charge on any atom is 0.308 e. The minimum absolute atomic E-state index is 0.121. The Balaban J connectivity index is 2.04. The fourth-order valence-corrected chi connectivity index (χ4v) is 2.11. The summed E-state index contributed by atoms with van der Waals surface area (Å²) in [4.78, 5) is 23.2. The second-order valence-corrected chi connectivity index (χ2v) is 4.93. The van der Waals surface area contributed by atoms with E-state index in [0.717, 1.165) is 6.42 Å². The molecular weight excluding hydrogens is 284 g/mol. The van der Waals surface area contributed by atoms with Gasteiger partial charge >= 0.3 is 5.97 Å². The van der Waals surface area contributed by atoms with Gasteiger partial charge in [0.05, 0.1) is 24.0 Å². The maximum atomic E-state index is 12.1. The molecule has 0 spiro atoms. The van der Waals surface area contributed by atoms with Crippen molar-refractivity contribution in [3.8, 4) is 5.69 Å². The fraction of sp³-hybridized carbons (Fsp3) is 0.333. The molecule has 0 fully saturated rings. The predicted octanol–water partition coefficient (Wildman–Crippen LogP) is 1.50. The summed E-state index contributed by atoms with van der Waals surface area (Å²) in [6.07, 6.45) is 4.52. The van der Waals surface area contributed by atoms with Gasteiger partial charge in [-0.3, -0.25) is 9.59 Å². The van der Waals surface area contributed by atoms with Crippen LogP contribution in [0.15, 0.2) is 36.7 Å². The SMILES string of the molecule is CCCC(CNC(=O)c1cccc(-n2ccnn2)c1)C(=O)O. The summed E-state index contributed by atoms with van der Waals surface area (Å²) >= 11 is 0. The normalized spacial score (nSPS) is 11.9. The molecule has 1 amide bonds. The molecule has 2 aromatic rings. The second-order valence-electron chi connectivity index (χ2n) is 4.93. The topological polar surface area (TPSA) is 97.1 Å². The molecule has 116 valence electrons. The number of nitrogens with one attached hydrogen (secondary N) is 1. The molecule has 0 aliphatic heterocycles. The number of carbonyl (C=O) groups is 2. The Morgan fingerprint density at radius 1 is 1.41 bits per heavy atom. The average molecular weight is 302 g/mol. The summed E-state index contributed by atoms with van der Waals surface area (Å²) in [6.45, 7) is 2.04.